The topological polar surface area (TPSA) is 51.8 Å². The number of nitrogen functional groups attached to an aromatic ring is 1. The summed E-state index contributed by atoms with van der Waals surface area (Å²) in [6.07, 6.45) is -1.14. The molecule has 0 bridgehead atoms. The third kappa shape index (κ3) is 2.80. The summed E-state index contributed by atoms with van der Waals surface area (Å²) < 4.78 is 26.2. The molecule has 0 spiro atoms. The summed E-state index contributed by atoms with van der Waals surface area (Å²) in [6, 6.07) is 12.0. The van der Waals surface area contributed by atoms with E-state index in [9.17, 15) is 8.78 Å². The van der Waals surface area contributed by atoms with E-state index < -0.39 is 6.43 Å². The third-order valence-electron chi connectivity index (χ3n) is 2.98. The van der Waals surface area contributed by atoms with Crippen molar-refractivity contribution in [1.82, 2.24) is 9.97 Å². The van der Waals surface area contributed by atoms with Gasteiger partial charge in [-0.1, -0.05) is 30.0 Å². The van der Waals surface area contributed by atoms with Gasteiger partial charge in [-0.3, -0.25) is 0 Å². The molecule has 0 saturated heterocycles. The smallest absolute Gasteiger partial charge is 0.265 e. The molecular weight excluding hydrogens is 292 g/mol. The van der Waals surface area contributed by atoms with Crippen LogP contribution in [0.1, 0.15) is 12.0 Å². The Labute approximate surface area is 124 Å². The zero-order chi connectivity index (χ0) is 14.8. The summed E-state index contributed by atoms with van der Waals surface area (Å²) >= 11 is 1.19. The summed E-state index contributed by atoms with van der Waals surface area (Å²) in [7, 11) is 0. The van der Waals surface area contributed by atoms with Crippen LogP contribution in [0.5, 0.6) is 0 Å². The highest BCUT2D eigenvalue weighted by molar-refractivity contribution is 7.99. The monoisotopic (exact) mass is 303 g/mol. The lowest BCUT2D eigenvalue weighted by atomic mass is 10.2. The maximum absolute atomic E-state index is 13.1. The Morgan fingerprint density at radius 3 is 2.67 bits per heavy atom. The molecule has 0 amide bonds. The fourth-order valence-corrected chi connectivity index (χ4v) is 2.99. The summed E-state index contributed by atoms with van der Waals surface area (Å²) in [5, 5.41) is 1.48. The van der Waals surface area contributed by atoms with Gasteiger partial charge in [0, 0.05) is 21.5 Å². The maximum Gasteiger partial charge on any atom is 0.265 e. The van der Waals surface area contributed by atoms with E-state index in [1.54, 1.807) is 12.1 Å². The summed E-state index contributed by atoms with van der Waals surface area (Å²) in [6.45, 7) is 0. The summed E-state index contributed by atoms with van der Waals surface area (Å²) in [5.74, 6) is 0. The van der Waals surface area contributed by atoms with Gasteiger partial charge < -0.3 is 5.73 Å². The first kappa shape index (κ1) is 13.8. The third-order valence-corrected chi connectivity index (χ3v) is 4.09. The molecule has 3 rings (SSSR count). The van der Waals surface area contributed by atoms with E-state index in [4.69, 9.17) is 5.73 Å². The average Bonchev–Trinajstić information content (AvgIpc) is 2.49. The first-order valence-electron chi connectivity index (χ1n) is 6.20. The van der Waals surface area contributed by atoms with E-state index in [0.717, 1.165) is 10.9 Å². The van der Waals surface area contributed by atoms with Gasteiger partial charge in [0.25, 0.3) is 6.43 Å². The SMILES string of the molecule is Nc1ccc(Sc2ncnc3ccccc23)c(C(F)F)c1. The largest absolute Gasteiger partial charge is 0.399 e. The van der Waals surface area contributed by atoms with Crippen molar-refractivity contribution >= 4 is 28.4 Å². The number of alkyl halides is 2. The predicted molar refractivity (Wildman–Crippen MR) is 79.5 cm³/mol. The minimum Gasteiger partial charge on any atom is -0.399 e. The Morgan fingerprint density at radius 2 is 1.86 bits per heavy atom. The number of para-hydroxylation sites is 1. The number of hydrogen-bond donors (Lipinski definition) is 1. The van der Waals surface area contributed by atoms with E-state index >= 15 is 0 Å². The van der Waals surface area contributed by atoms with E-state index in [1.807, 2.05) is 24.3 Å². The van der Waals surface area contributed by atoms with Crippen molar-refractivity contribution < 1.29 is 8.78 Å². The van der Waals surface area contributed by atoms with Crippen LogP contribution >= 0.6 is 11.8 Å². The molecule has 0 aliphatic carbocycles. The first-order valence-corrected chi connectivity index (χ1v) is 7.02. The average molecular weight is 303 g/mol. The van der Waals surface area contributed by atoms with Gasteiger partial charge >= 0.3 is 0 Å². The second kappa shape index (κ2) is 5.65. The molecule has 0 fully saturated rings. The summed E-state index contributed by atoms with van der Waals surface area (Å²) in [5.41, 5.74) is 6.60. The van der Waals surface area contributed by atoms with Crippen molar-refractivity contribution in [2.24, 2.45) is 0 Å². The fourth-order valence-electron chi connectivity index (χ4n) is 2.00. The van der Waals surface area contributed by atoms with E-state index in [-0.39, 0.29) is 5.56 Å². The molecular formula is C15H11F2N3S. The zero-order valence-electron chi connectivity index (χ0n) is 10.8. The van der Waals surface area contributed by atoms with Gasteiger partial charge in [0.2, 0.25) is 0 Å². The van der Waals surface area contributed by atoms with Crippen LogP contribution in [-0.4, -0.2) is 9.97 Å². The zero-order valence-corrected chi connectivity index (χ0v) is 11.6. The number of nitrogens with two attached hydrogens (primary N) is 1. The van der Waals surface area contributed by atoms with Crippen molar-refractivity contribution in [2.75, 3.05) is 5.73 Å². The molecule has 0 radical (unpaired) electrons. The number of fused-ring (bicyclic) bond motifs is 1. The molecule has 2 aromatic carbocycles. The molecule has 1 heterocycles. The Balaban J connectivity index is 2.07. The normalized spacial score (nSPS) is 11.2. The Hall–Kier alpha value is -2.21. The minimum atomic E-state index is -2.58. The van der Waals surface area contributed by atoms with Gasteiger partial charge in [0.1, 0.15) is 11.4 Å². The molecule has 3 nitrogen and oxygen atoms in total. The highest BCUT2D eigenvalue weighted by Crippen LogP contribution is 2.37. The van der Waals surface area contributed by atoms with Crippen LogP contribution in [-0.2, 0) is 0 Å². The number of halogens is 2. The molecule has 6 heteroatoms. The van der Waals surface area contributed by atoms with Crippen LogP contribution < -0.4 is 5.73 Å². The second-order valence-corrected chi connectivity index (χ2v) is 5.43. The van der Waals surface area contributed by atoms with Gasteiger partial charge in [-0.2, -0.15) is 0 Å². The molecule has 21 heavy (non-hydrogen) atoms. The van der Waals surface area contributed by atoms with Gasteiger partial charge in [0.15, 0.2) is 0 Å². The lowest BCUT2D eigenvalue weighted by molar-refractivity contribution is 0.148. The molecule has 3 aromatic rings. The van der Waals surface area contributed by atoms with Crippen LogP contribution in [0.15, 0.2) is 58.7 Å². The number of anilines is 1. The van der Waals surface area contributed by atoms with Gasteiger partial charge in [0.05, 0.1) is 5.52 Å². The Bertz CT molecular complexity index is 787. The molecule has 1 aromatic heterocycles. The number of hydrogen-bond acceptors (Lipinski definition) is 4. The van der Waals surface area contributed by atoms with Crippen molar-refractivity contribution in [3.63, 3.8) is 0 Å². The number of rotatable bonds is 3. The van der Waals surface area contributed by atoms with Crippen molar-refractivity contribution in [1.29, 1.82) is 0 Å². The van der Waals surface area contributed by atoms with Crippen LogP contribution in [0.4, 0.5) is 14.5 Å². The number of nitrogens with zero attached hydrogens (tertiary/aromatic N) is 2. The van der Waals surface area contributed by atoms with Crippen molar-refractivity contribution in [2.45, 2.75) is 16.3 Å². The van der Waals surface area contributed by atoms with Gasteiger partial charge in [-0.15, -0.1) is 0 Å². The van der Waals surface area contributed by atoms with Crippen molar-refractivity contribution in [3.05, 3.63) is 54.4 Å². The van der Waals surface area contributed by atoms with Crippen LogP contribution in [0, 0.1) is 0 Å². The summed E-state index contributed by atoms with van der Waals surface area (Å²) in [4.78, 5) is 8.81. The van der Waals surface area contributed by atoms with E-state index in [2.05, 4.69) is 9.97 Å². The number of benzene rings is 2. The first-order chi connectivity index (χ1) is 10.1. The second-order valence-electron chi connectivity index (χ2n) is 4.40. The van der Waals surface area contributed by atoms with Gasteiger partial charge in [-0.05, 0) is 24.3 Å². The lowest BCUT2D eigenvalue weighted by Crippen LogP contribution is -1.94. The quantitative estimate of drug-likeness (QED) is 0.579. The van der Waals surface area contributed by atoms with E-state index in [1.165, 1.54) is 24.2 Å². The Morgan fingerprint density at radius 1 is 1.05 bits per heavy atom. The fraction of sp³-hybridized carbons (Fsp3) is 0.0667. The molecule has 0 saturated carbocycles. The molecule has 0 aliphatic heterocycles. The highest BCUT2D eigenvalue weighted by atomic mass is 32.2. The maximum atomic E-state index is 13.1. The molecule has 106 valence electrons. The van der Waals surface area contributed by atoms with Crippen LogP contribution in [0.3, 0.4) is 0 Å². The Kier molecular flexibility index (Phi) is 3.70. The van der Waals surface area contributed by atoms with Crippen molar-refractivity contribution in [3.8, 4) is 0 Å². The van der Waals surface area contributed by atoms with Crippen LogP contribution in [0.2, 0.25) is 0 Å². The molecule has 0 aliphatic rings. The van der Waals surface area contributed by atoms with Gasteiger partial charge in [-0.25, -0.2) is 18.7 Å². The van der Waals surface area contributed by atoms with E-state index in [0.29, 0.717) is 15.6 Å². The predicted octanol–water partition coefficient (Wildman–Crippen LogP) is 4.30. The molecule has 0 atom stereocenters. The highest BCUT2D eigenvalue weighted by Gasteiger charge is 2.16. The standard InChI is InChI=1S/C15H11F2N3S/c16-14(17)11-7-9(18)5-6-13(11)21-15-10-3-1-2-4-12(10)19-8-20-15/h1-8,14H,18H2. The molecule has 2 N–H and O–H groups in total. The molecule has 0 unspecified atom stereocenters. The lowest BCUT2D eigenvalue weighted by Gasteiger charge is -2.10. The van der Waals surface area contributed by atoms with Crippen LogP contribution in [0.25, 0.3) is 10.9 Å². The minimum absolute atomic E-state index is 0.0808. The number of aromatic nitrogens is 2.